The molecule has 4 nitrogen and oxygen atoms in total. The predicted octanol–water partition coefficient (Wildman–Crippen LogP) is 3.83. The topological polar surface area (TPSA) is 54.5 Å². The van der Waals surface area contributed by atoms with E-state index in [1.54, 1.807) is 42.5 Å². The number of hydrogen-bond acceptors (Lipinski definition) is 3. The number of rotatable bonds is 5. The van der Waals surface area contributed by atoms with Crippen LogP contribution in [0.5, 0.6) is 0 Å². The summed E-state index contributed by atoms with van der Waals surface area (Å²) in [6, 6.07) is 26.1. The Bertz CT molecular complexity index is 901. The zero-order valence-corrected chi connectivity index (χ0v) is 14.3. The van der Waals surface area contributed by atoms with Crippen LogP contribution in [-0.4, -0.2) is 20.1 Å². The lowest BCUT2D eigenvalue weighted by Gasteiger charge is -2.23. The van der Waals surface area contributed by atoms with E-state index in [1.807, 2.05) is 36.4 Å². The van der Waals surface area contributed by atoms with Crippen molar-refractivity contribution in [3.8, 4) is 0 Å². The second-order valence-electron chi connectivity index (χ2n) is 5.47. The van der Waals surface area contributed by atoms with Gasteiger partial charge in [-0.3, -0.25) is 9.69 Å². The lowest BCUT2D eigenvalue weighted by atomic mass is 10.2. The van der Waals surface area contributed by atoms with Gasteiger partial charge in [-0.25, -0.2) is 8.42 Å². The highest BCUT2D eigenvalue weighted by atomic mass is 32.2. The van der Waals surface area contributed by atoms with E-state index in [9.17, 15) is 13.2 Å². The molecule has 3 aromatic carbocycles. The Morgan fingerprint density at radius 2 is 1.08 bits per heavy atom. The van der Waals surface area contributed by atoms with Crippen molar-refractivity contribution >= 4 is 27.1 Å². The molecule has 1 amide bonds. The minimum atomic E-state index is -3.71. The van der Waals surface area contributed by atoms with Crippen LogP contribution in [0, 0.1) is 0 Å². The first-order valence-electron chi connectivity index (χ1n) is 7.79. The van der Waals surface area contributed by atoms with Crippen LogP contribution in [0.15, 0.2) is 95.9 Å². The summed E-state index contributed by atoms with van der Waals surface area (Å²) in [5, 5.41) is 0. The van der Waals surface area contributed by atoms with E-state index < -0.39 is 21.5 Å². The summed E-state index contributed by atoms with van der Waals surface area (Å²) in [6.07, 6.45) is 0. The van der Waals surface area contributed by atoms with Crippen LogP contribution in [0.1, 0.15) is 0 Å². The normalized spacial score (nSPS) is 11.0. The van der Waals surface area contributed by atoms with Crippen molar-refractivity contribution in [3.05, 3.63) is 91.0 Å². The molecule has 0 saturated carbocycles. The number of hydrogen-bond donors (Lipinski definition) is 0. The largest absolute Gasteiger partial charge is 0.280 e. The standard InChI is InChI=1S/C20H17NO3S/c22-20(16-25(23,24)19-14-8-3-9-15-19)21(17-10-4-1-5-11-17)18-12-6-2-7-13-18/h1-15H,16H2. The van der Waals surface area contributed by atoms with Crippen molar-refractivity contribution in [2.75, 3.05) is 10.7 Å². The monoisotopic (exact) mass is 351 g/mol. The minimum absolute atomic E-state index is 0.143. The molecule has 0 saturated heterocycles. The lowest BCUT2D eigenvalue weighted by Crippen LogP contribution is -2.32. The molecule has 0 atom stereocenters. The number of anilines is 2. The number of nitrogens with zero attached hydrogens (tertiary/aromatic N) is 1. The average molecular weight is 351 g/mol. The van der Waals surface area contributed by atoms with Crippen LogP contribution in [0.3, 0.4) is 0 Å². The molecular formula is C20H17NO3S. The lowest BCUT2D eigenvalue weighted by molar-refractivity contribution is -0.115. The molecule has 126 valence electrons. The van der Waals surface area contributed by atoms with Gasteiger partial charge in [0.25, 0.3) is 0 Å². The van der Waals surface area contributed by atoms with Crippen molar-refractivity contribution in [1.29, 1.82) is 0 Å². The number of para-hydroxylation sites is 2. The van der Waals surface area contributed by atoms with Crippen molar-refractivity contribution < 1.29 is 13.2 Å². The molecule has 3 aromatic rings. The highest BCUT2D eigenvalue weighted by molar-refractivity contribution is 7.92. The zero-order chi connectivity index (χ0) is 17.7. The Hall–Kier alpha value is -2.92. The minimum Gasteiger partial charge on any atom is -0.280 e. The Kier molecular flexibility index (Phi) is 4.95. The first-order valence-corrected chi connectivity index (χ1v) is 9.44. The van der Waals surface area contributed by atoms with Crippen LogP contribution in [0.4, 0.5) is 11.4 Å². The van der Waals surface area contributed by atoms with E-state index in [0.29, 0.717) is 11.4 Å². The second kappa shape index (κ2) is 7.32. The Labute approximate surface area is 147 Å². The Balaban J connectivity index is 1.96. The van der Waals surface area contributed by atoms with Gasteiger partial charge in [-0.1, -0.05) is 54.6 Å². The molecule has 0 unspecified atom stereocenters. The van der Waals surface area contributed by atoms with Crippen LogP contribution in [-0.2, 0) is 14.6 Å². The summed E-state index contributed by atoms with van der Waals surface area (Å²) in [7, 11) is -3.71. The third-order valence-electron chi connectivity index (χ3n) is 3.69. The maximum Gasteiger partial charge on any atom is 0.247 e. The van der Waals surface area contributed by atoms with Crippen LogP contribution in [0.25, 0.3) is 0 Å². The van der Waals surface area contributed by atoms with Gasteiger partial charge in [0.05, 0.1) is 4.90 Å². The maximum absolute atomic E-state index is 12.9. The first-order chi connectivity index (χ1) is 12.1. The molecular weight excluding hydrogens is 334 g/mol. The van der Waals surface area contributed by atoms with Gasteiger partial charge in [0.15, 0.2) is 9.84 Å². The maximum atomic E-state index is 12.9. The summed E-state index contributed by atoms with van der Waals surface area (Å²) < 4.78 is 25.1. The third kappa shape index (κ3) is 3.95. The summed E-state index contributed by atoms with van der Waals surface area (Å²) in [6.45, 7) is 0. The molecule has 0 fully saturated rings. The van der Waals surface area contributed by atoms with Gasteiger partial charge in [0.1, 0.15) is 5.75 Å². The summed E-state index contributed by atoms with van der Waals surface area (Å²) in [5.41, 5.74) is 1.25. The van der Waals surface area contributed by atoms with Gasteiger partial charge in [0, 0.05) is 11.4 Å². The summed E-state index contributed by atoms with van der Waals surface area (Å²) in [5.74, 6) is -1.10. The van der Waals surface area contributed by atoms with Gasteiger partial charge < -0.3 is 0 Å². The predicted molar refractivity (Wildman–Crippen MR) is 98.5 cm³/mol. The highest BCUT2D eigenvalue weighted by Gasteiger charge is 2.25. The SMILES string of the molecule is O=C(CS(=O)(=O)c1ccccc1)N(c1ccccc1)c1ccccc1. The fourth-order valence-corrected chi connectivity index (χ4v) is 3.72. The molecule has 0 aromatic heterocycles. The molecule has 0 N–H and O–H groups in total. The van der Waals surface area contributed by atoms with E-state index in [-0.39, 0.29) is 4.90 Å². The second-order valence-corrected chi connectivity index (χ2v) is 7.46. The van der Waals surface area contributed by atoms with Crippen molar-refractivity contribution in [1.82, 2.24) is 0 Å². The van der Waals surface area contributed by atoms with Crippen LogP contribution >= 0.6 is 0 Å². The molecule has 0 heterocycles. The van der Waals surface area contributed by atoms with E-state index in [4.69, 9.17) is 0 Å². The molecule has 0 aliphatic carbocycles. The molecule has 25 heavy (non-hydrogen) atoms. The van der Waals surface area contributed by atoms with Crippen molar-refractivity contribution in [2.45, 2.75) is 4.90 Å². The molecule has 5 heteroatoms. The van der Waals surface area contributed by atoms with E-state index >= 15 is 0 Å². The quantitative estimate of drug-likeness (QED) is 0.702. The summed E-state index contributed by atoms with van der Waals surface area (Å²) >= 11 is 0. The smallest absolute Gasteiger partial charge is 0.247 e. The molecule has 0 aliphatic rings. The zero-order valence-electron chi connectivity index (χ0n) is 13.4. The summed E-state index contributed by atoms with van der Waals surface area (Å²) in [4.78, 5) is 14.5. The fourth-order valence-electron chi connectivity index (χ4n) is 2.53. The third-order valence-corrected chi connectivity index (χ3v) is 5.31. The van der Waals surface area contributed by atoms with Gasteiger partial charge in [0.2, 0.25) is 5.91 Å². The van der Waals surface area contributed by atoms with E-state index in [1.165, 1.54) is 17.0 Å². The average Bonchev–Trinajstić information content (AvgIpc) is 2.64. The number of sulfone groups is 1. The van der Waals surface area contributed by atoms with Gasteiger partial charge in [-0.15, -0.1) is 0 Å². The van der Waals surface area contributed by atoms with Crippen LogP contribution in [0.2, 0.25) is 0 Å². The van der Waals surface area contributed by atoms with Gasteiger partial charge in [-0.05, 0) is 36.4 Å². The number of carbonyl (C=O) groups is 1. The molecule has 0 bridgehead atoms. The first kappa shape index (κ1) is 16.9. The van der Waals surface area contributed by atoms with Crippen LogP contribution < -0.4 is 4.90 Å². The molecule has 0 aliphatic heterocycles. The van der Waals surface area contributed by atoms with E-state index in [0.717, 1.165) is 0 Å². The van der Waals surface area contributed by atoms with Gasteiger partial charge >= 0.3 is 0 Å². The van der Waals surface area contributed by atoms with Crippen molar-refractivity contribution in [3.63, 3.8) is 0 Å². The fraction of sp³-hybridized carbons (Fsp3) is 0.0500. The number of amides is 1. The molecule has 0 spiro atoms. The van der Waals surface area contributed by atoms with Crippen molar-refractivity contribution in [2.24, 2.45) is 0 Å². The number of carbonyl (C=O) groups excluding carboxylic acids is 1. The number of benzene rings is 3. The highest BCUT2D eigenvalue weighted by Crippen LogP contribution is 2.26. The molecule has 3 rings (SSSR count). The Morgan fingerprint density at radius 1 is 0.680 bits per heavy atom. The van der Waals surface area contributed by atoms with E-state index in [2.05, 4.69) is 0 Å². The molecule has 0 radical (unpaired) electrons. The van der Waals surface area contributed by atoms with Gasteiger partial charge in [-0.2, -0.15) is 0 Å². The Morgan fingerprint density at radius 3 is 1.52 bits per heavy atom.